The lowest BCUT2D eigenvalue weighted by Crippen LogP contribution is -2.36. The fourth-order valence-electron chi connectivity index (χ4n) is 3.71. The summed E-state index contributed by atoms with van der Waals surface area (Å²) >= 11 is 0. The fourth-order valence-corrected chi connectivity index (χ4v) is 3.71. The van der Waals surface area contributed by atoms with Crippen LogP contribution in [0.15, 0.2) is 83.9 Å². The molecule has 1 saturated heterocycles. The van der Waals surface area contributed by atoms with E-state index < -0.39 is 0 Å². The van der Waals surface area contributed by atoms with Gasteiger partial charge in [-0.3, -0.25) is 0 Å². The molecule has 2 N–H and O–H groups in total. The van der Waals surface area contributed by atoms with Crippen molar-refractivity contribution in [2.24, 2.45) is 4.99 Å². The standard InChI is InChI=1S/C26H29N3O2.2BrH/c1-19(25-9-6-18-27-25)31-24-16-12-22(13-17-24)29-26(20-7-4-3-5-8-20)28-21-10-14-23(30-2)15-11-21;;/h3-5,7-8,10-17,19,25,27H,6,9,18H2,1-2H3,(H,28,29);2*1H. The smallest absolute Gasteiger partial charge is 0.138 e. The molecule has 2 unspecified atom stereocenters. The van der Waals surface area contributed by atoms with Crippen molar-refractivity contribution in [1.82, 2.24) is 5.32 Å². The quantitative estimate of drug-likeness (QED) is 0.247. The molecular formula is C26H31Br2N3O2. The Morgan fingerprint density at radius 2 is 1.61 bits per heavy atom. The van der Waals surface area contributed by atoms with Crippen molar-refractivity contribution >= 4 is 51.2 Å². The number of nitrogens with one attached hydrogen (secondary N) is 2. The van der Waals surface area contributed by atoms with Crippen molar-refractivity contribution in [2.45, 2.75) is 31.9 Å². The molecule has 5 nitrogen and oxygen atoms in total. The predicted molar refractivity (Wildman–Crippen MR) is 147 cm³/mol. The van der Waals surface area contributed by atoms with Gasteiger partial charge in [0.1, 0.15) is 23.4 Å². The molecule has 176 valence electrons. The molecule has 1 aliphatic rings. The van der Waals surface area contributed by atoms with Gasteiger partial charge in [-0.2, -0.15) is 0 Å². The lowest BCUT2D eigenvalue weighted by Gasteiger charge is -2.21. The third-order valence-corrected chi connectivity index (χ3v) is 5.46. The number of halogens is 2. The van der Waals surface area contributed by atoms with Crippen molar-refractivity contribution in [3.05, 3.63) is 84.4 Å². The molecule has 7 heteroatoms. The van der Waals surface area contributed by atoms with Crippen LogP contribution in [0.2, 0.25) is 0 Å². The van der Waals surface area contributed by atoms with Gasteiger partial charge in [0, 0.05) is 17.3 Å². The van der Waals surface area contributed by atoms with E-state index in [1.54, 1.807) is 7.11 Å². The van der Waals surface area contributed by atoms with Crippen LogP contribution in [-0.2, 0) is 0 Å². The molecule has 0 spiro atoms. The molecule has 0 saturated carbocycles. The Morgan fingerprint density at radius 1 is 0.939 bits per heavy atom. The zero-order chi connectivity index (χ0) is 21.5. The van der Waals surface area contributed by atoms with Crippen LogP contribution in [-0.4, -0.2) is 31.6 Å². The lowest BCUT2D eigenvalue weighted by atomic mass is 10.1. The predicted octanol–water partition coefficient (Wildman–Crippen LogP) is 6.56. The minimum atomic E-state index is 0. The van der Waals surface area contributed by atoms with E-state index in [0.29, 0.717) is 6.04 Å². The van der Waals surface area contributed by atoms with Crippen molar-refractivity contribution < 1.29 is 9.47 Å². The Labute approximate surface area is 217 Å². The average molecular weight is 577 g/mol. The lowest BCUT2D eigenvalue weighted by molar-refractivity contribution is 0.180. The summed E-state index contributed by atoms with van der Waals surface area (Å²) in [5.74, 6) is 2.47. The van der Waals surface area contributed by atoms with Gasteiger partial charge in [-0.15, -0.1) is 34.0 Å². The molecule has 4 rings (SSSR count). The normalized spacial score (nSPS) is 16.2. The summed E-state index contributed by atoms with van der Waals surface area (Å²) < 4.78 is 11.4. The maximum atomic E-state index is 6.12. The highest BCUT2D eigenvalue weighted by Crippen LogP contribution is 2.23. The number of hydrogen-bond acceptors (Lipinski definition) is 4. The Kier molecular flexibility index (Phi) is 10.9. The van der Waals surface area contributed by atoms with Crippen molar-refractivity contribution in [2.75, 3.05) is 19.0 Å². The molecule has 0 bridgehead atoms. The average Bonchev–Trinajstić information content (AvgIpc) is 3.36. The molecule has 0 radical (unpaired) electrons. The molecular weight excluding hydrogens is 546 g/mol. The van der Waals surface area contributed by atoms with E-state index in [0.717, 1.165) is 40.8 Å². The van der Waals surface area contributed by atoms with Gasteiger partial charge < -0.3 is 20.1 Å². The molecule has 3 aromatic rings. The maximum absolute atomic E-state index is 6.12. The second-order valence-electron chi connectivity index (χ2n) is 7.70. The molecule has 1 heterocycles. The molecule has 1 fully saturated rings. The topological polar surface area (TPSA) is 54.9 Å². The van der Waals surface area contributed by atoms with Gasteiger partial charge in [0.15, 0.2) is 0 Å². The third-order valence-electron chi connectivity index (χ3n) is 5.46. The van der Waals surface area contributed by atoms with Crippen LogP contribution in [0.1, 0.15) is 25.3 Å². The number of aliphatic imine (C=N–C) groups is 1. The molecule has 0 aromatic heterocycles. The van der Waals surface area contributed by atoms with E-state index in [-0.39, 0.29) is 40.1 Å². The first kappa shape index (κ1) is 26.9. The van der Waals surface area contributed by atoms with E-state index in [1.165, 1.54) is 12.8 Å². The van der Waals surface area contributed by atoms with Crippen LogP contribution in [0, 0.1) is 0 Å². The van der Waals surface area contributed by atoms with E-state index >= 15 is 0 Å². The summed E-state index contributed by atoms with van der Waals surface area (Å²) in [4.78, 5) is 4.87. The monoisotopic (exact) mass is 575 g/mol. The number of anilines is 1. The number of nitrogens with zero attached hydrogens (tertiary/aromatic N) is 1. The summed E-state index contributed by atoms with van der Waals surface area (Å²) in [6.45, 7) is 3.21. The number of methoxy groups -OCH3 is 1. The van der Waals surface area contributed by atoms with Gasteiger partial charge in [0.2, 0.25) is 0 Å². The molecule has 0 amide bonds. The van der Waals surface area contributed by atoms with Gasteiger partial charge in [-0.05, 0) is 74.8 Å². The van der Waals surface area contributed by atoms with Gasteiger partial charge in [-0.25, -0.2) is 4.99 Å². The zero-order valence-electron chi connectivity index (χ0n) is 18.9. The SMILES string of the molecule is Br.Br.COc1ccc(NC(=Nc2ccc(OC(C)C3CCCN3)cc2)c2ccccc2)cc1. The largest absolute Gasteiger partial charge is 0.497 e. The van der Waals surface area contributed by atoms with Crippen LogP contribution in [0.25, 0.3) is 0 Å². The second kappa shape index (κ2) is 13.4. The minimum Gasteiger partial charge on any atom is -0.497 e. The van der Waals surface area contributed by atoms with Crippen LogP contribution < -0.4 is 20.1 Å². The highest BCUT2D eigenvalue weighted by Gasteiger charge is 2.22. The fraction of sp³-hybridized carbons (Fsp3) is 0.269. The van der Waals surface area contributed by atoms with Crippen molar-refractivity contribution in [3.63, 3.8) is 0 Å². The summed E-state index contributed by atoms with van der Waals surface area (Å²) in [6, 6.07) is 26.3. The summed E-state index contributed by atoms with van der Waals surface area (Å²) in [6.07, 6.45) is 2.53. The summed E-state index contributed by atoms with van der Waals surface area (Å²) in [5, 5.41) is 6.93. The number of rotatable bonds is 7. The van der Waals surface area contributed by atoms with Crippen LogP contribution >= 0.6 is 34.0 Å². The Morgan fingerprint density at radius 3 is 2.21 bits per heavy atom. The minimum absolute atomic E-state index is 0. The highest BCUT2D eigenvalue weighted by molar-refractivity contribution is 8.93. The van der Waals surface area contributed by atoms with E-state index in [4.69, 9.17) is 14.5 Å². The van der Waals surface area contributed by atoms with E-state index in [9.17, 15) is 0 Å². The van der Waals surface area contributed by atoms with Crippen LogP contribution in [0.5, 0.6) is 11.5 Å². The third kappa shape index (κ3) is 7.59. The molecule has 2 atom stereocenters. The first-order chi connectivity index (χ1) is 15.2. The molecule has 1 aliphatic heterocycles. The van der Waals surface area contributed by atoms with Gasteiger partial charge in [-0.1, -0.05) is 30.3 Å². The first-order valence-corrected chi connectivity index (χ1v) is 10.8. The molecule has 3 aromatic carbocycles. The van der Waals surface area contributed by atoms with Gasteiger partial charge in [0.05, 0.1) is 12.8 Å². The highest BCUT2D eigenvalue weighted by atomic mass is 79.9. The van der Waals surface area contributed by atoms with E-state index in [1.807, 2.05) is 78.9 Å². The number of benzene rings is 3. The molecule has 33 heavy (non-hydrogen) atoms. The van der Waals surface area contributed by atoms with Crippen molar-refractivity contribution in [1.29, 1.82) is 0 Å². The van der Waals surface area contributed by atoms with Gasteiger partial charge in [0.25, 0.3) is 0 Å². The number of hydrogen-bond donors (Lipinski definition) is 2. The van der Waals surface area contributed by atoms with Crippen LogP contribution in [0.3, 0.4) is 0 Å². The second-order valence-corrected chi connectivity index (χ2v) is 7.70. The number of amidine groups is 1. The first-order valence-electron chi connectivity index (χ1n) is 10.8. The number of ether oxygens (including phenoxy) is 2. The Bertz CT molecular complexity index is 990. The summed E-state index contributed by atoms with van der Waals surface area (Å²) in [7, 11) is 1.66. The Hall–Kier alpha value is -2.35. The zero-order valence-corrected chi connectivity index (χ0v) is 22.3. The van der Waals surface area contributed by atoms with Crippen LogP contribution in [0.4, 0.5) is 11.4 Å². The summed E-state index contributed by atoms with van der Waals surface area (Å²) in [5.41, 5.74) is 2.82. The molecule has 0 aliphatic carbocycles. The van der Waals surface area contributed by atoms with Gasteiger partial charge >= 0.3 is 0 Å². The van der Waals surface area contributed by atoms with Crippen molar-refractivity contribution in [3.8, 4) is 11.5 Å². The van der Waals surface area contributed by atoms with E-state index in [2.05, 4.69) is 17.6 Å². The maximum Gasteiger partial charge on any atom is 0.138 e. The Balaban J connectivity index is 0.00000193.